The number of hydrogen-bond acceptors (Lipinski definition) is 7. The zero-order chi connectivity index (χ0) is 25.0. The number of anilines is 1. The Morgan fingerprint density at radius 3 is 2.54 bits per heavy atom. The van der Waals surface area contributed by atoms with Gasteiger partial charge in [0, 0.05) is 11.1 Å². The molecule has 4 rings (SSSR count). The van der Waals surface area contributed by atoms with Crippen molar-refractivity contribution in [2.45, 2.75) is 18.0 Å². The standard InChI is InChI=1S/C22H20N6O5S2/c23-35(31,32)16-9-7-14(8-10-16)25-19(29)13-28-18-6-2-1-5-17(18)20(21(28)30)26-27-22(34)24-12-15-4-3-11-33-15/h1-11,30H,12-13H2,(H,24,34)(H,25,29)(H2,23,31,32). The summed E-state index contributed by atoms with van der Waals surface area (Å²) in [5.74, 6) is -0.0423. The molecule has 180 valence electrons. The maximum atomic E-state index is 12.7. The van der Waals surface area contributed by atoms with Crippen LogP contribution in [0.3, 0.4) is 0 Å². The van der Waals surface area contributed by atoms with Crippen molar-refractivity contribution in [1.29, 1.82) is 0 Å². The van der Waals surface area contributed by atoms with Crippen molar-refractivity contribution in [1.82, 2.24) is 9.88 Å². The van der Waals surface area contributed by atoms with Crippen molar-refractivity contribution in [2.75, 3.05) is 5.32 Å². The number of aromatic hydroxyl groups is 1. The van der Waals surface area contributed by atoms with Gasteiger partial charge >= 0.3 is 0 Å². The van der Waals surface area contributed by atoms with Crippen molar-refractivity contribution in [3.8, 4) is 5.88 Å². The van der Waals surface area contributed by atoms with Gasteiger partial charge in [0.05, 0.1) is 23.2 Å². The Morgan fingerprint density at radius 2 is 1.86 bits per heavy atom. The predicted molar refractivity (Wildman–Crippen MR) is 133 cm³/mol. The van der Waals surface area contributed by atoms with Crippen molar-refractivity contribution < 1.29 is 22.7 Å². The monoisotopic (exact) mass is 512 g/mol. The van der Waals surface area contributed by atoms with Crippen LogP contribution in [0.1, 0.15) is 5.76 Å². The molecule has 0 aliphatic rings. The molecule has 0 saturated carbocycles. The van der Waals surface area contributed by atoms with Crippen LogP contribution in [0.15, 0.2) is 86.5 Å². The maximum Gasteiger partial charge on any atom is 0.244 e. The van der Waals surface area contributed by atoms with E-state index in [1.807, 2.05) is 0 Å². The molecule has 0 aliphatic heterocycles. The Kier molecular flexibility index (Phi) is 6.91. The van der Waals surface area contributed by atoms with Gasteiger partial charge in [-0.05, 0) is 54.7 Å². The van der Waals surface area contributed by atoms with E-state index in [1.54, 1.807) is 42.7 Å². The largest absolute Gasteiger partial charge is 0.493 e. The number of azo groups is 1. The lowest BCUT2D eigenvalue weighted by Gasteiger charge is -2.09. The zero-order valence-electron chi connectivity index (χ0n) is 18.1. The van der Waals surface area contributed by atoms with Crippen molar-refractivity contribution >= 4 is 55.5 Å². The second kappa shape index (κ2) is 10.0. The van der Waals surface area contributed by atoms with E-state index in [4.69, 9.17) is 21.8 Å². The zero-order valence-corrected chi connectivity index (χ0v) is 19.7. The Bertz CT molecular complexity index is 1510. The average Bonchev–Trinajstić information content (AvgIpc) is 3.43. The van der Waals surface area contributed by atoms with Gasteiger partial charge in [-0.3, -0.25) is 4.79 Å². The van der Waals surface area contributed by atoms with Gasteiger partial charge in [0.15, 0.2) is 5.69 Å². The van der Waals surface area contributed by atoms with Gasteiger partial charge in [-0.1, -0.05) is 18.2 Å². The maximum absolute atomic E-state index is 12.7. The number of aromatic nitrogens is 1. The summed E-state index contributed by atoms with van der Waals surface area (Å²) in [5.41, 5.74) is 1.09. The molecular weight excluding hydrogens is 492 g/mol. The highest BCUT2D eigenvalue weighted by Gasteiger charge is 2.19. The number of thiocarbonyl (C=S) groups is 1. The molecule has 0 bridgehead atoms. The van der Waals surface area contributed by atoms with Crippen LogP contribution in [0, 0.1) is 0 Å². The molecule has 2 heterocycles. The number of sulfonamides is 1. The number of amides is 1. The fraction of sp³-hybridized carbons (Fsp3) is 0.0909. The second-order valence-electron chi connectivity index (χ2n) is 7.33. The minimum absolute atomic E-state index is 0.0730. The summed E-state index contributed by atoms with van der Waals surface area (Å²) in [4.78, 5) is 12.6. The van der Waals surface area contributed by atoms with E-state index < -0.39 is 15.9 Å². The van der Waals surface area contributed by atoms with Gasteiger partial charge in [-0.25, -0.2) is 13.6 Å². The van der Waals surface area contributed by atoms with Crippen LogP contribution in [0.4, 0.5) is 11.4 Å². The van der Waals surface area contributed by atoms with Crippen LogP contribution in [-0.2, 0) is 27.9 Å². The van der Waals surface area contributed by atoms with Crippen LogP contribution in [0.25, 0.3) is 10.9 Å². The number of carbonyl (C=O) groups excluding carboxylic acids is 1. The van der Waals surface area contributed by atoms with E-state index in [1.165, 1.54) is 28.8 Å². The summed E-state index contributed by atoms with van der Waals surface area (Å²) >= 11 is 5.16. The van der Waals surface area contributed by atoms with E-state index in [-0.39, 0.29) is 28.1 Å². The number of hydrogen-bond donors (Lipinski definition) is 4. The molecule has 5 N–H and O–H groups in total. The first-order valence-electron chi connectivity index (χ1n) is 10.2. The van der Waals surface area contributed by atoms with Gasteiger partial charge in [0.2, 0.25) is 26.9 Å². The number of fused-ring (bicyclic) bond motifs is 1. The Hall–Kier alpha value is -4.07. The minimum atomic E-state index is -3.84. The number of furan rings is 1. The lowest BCUT2D eigenvalue weighted by Crippen LogP contribution is -2.18. The third kappa shape index (κ3) is 5.71. The summed E-state index contributed by atoms with van der Waals surface area (Å²) in [6.45, 7) is 0.0942. The minimum Gasteiger partial charge on any atom is -0.493 e. The highest BCUT2D eigenvalue weighted by Crippen LogP contribution is 2.38. The lowest BCUT2D eigenvalue weighted by atomic mass is 10.2. The number of nitrogens with two attached hydrogens (primary N) is 1. The number of nitrogens with zero attached hydrogens (tertiary/aromatic N) is 3. The van der Waals surface area contributed by atoms with Gasteiger partial charge in [0.1, 0.15) is 12.3 Å². The Labute approximate surface area is 205 Å². The normalized spacial score (nSPS) is 11.7. The predicted octanol–water partition coefficient (Wildman–Crippen LogP) is 3.38. The van der Waals surface area contributed by atoms with Crippen LogP contribution in [0.2, 0.25) is 0 Å². The molecule has 0 fully saturated rings. The molecule has 0 atom stereocenters. The van der Waals surface area contributed by atoms with Gasteiger partial charge in [0.25, 0.3) is 0 Å². The first-order chi connectivity index (χ1) is 16.7. The summed E-state index contributed by atoms with van der Waals surface area (Å²) in [6, 6.07) is 16.0. The molecule has 11 nitrogen and oxygen atoms in total. The number of para-hydroxylation sites is 1. The quantitative estimate of drug-likeness (QED) is 0.218. The molecule has 4 aromatic rings. The smallest absolute Gasteiger partial charge is 0.244 e. The summed E-state index contributed by atoms with van der Waals surface area (Å²) in [5, 5.41) is 30.2. The molecule has 13 heteroatoms. The third-order valence-electron chi connectivity index (χ3n) is 4.92. The average molecular weight is 513 g/mol. The van der Waals surface area contributed by atoms with Crippen LogP contribution < -0.4 is 15.8 Å². The number of nitrogens with one attached hydrogen (secondary N) is 2. The highest BCUT2D eigenvalue weighted by molar-refractivity contribution is 7.89. The van der Waals surface area contributed by atoms with Gasteiger partial charge < -0.3 is 24.7 Å². The molecule has 0 spiro atoms. The number of carbonyl (C=O) groups is 1. The summed E-state index contributed by atoms with van der Waals surface area (Å²) < 4.78 is 29.4. The van der Waals surface area contributed by atoms with E-state index in [0.717, 1.165) is 0 Å². The first kappa shape index (κ1) is 24.1. The first-order valence-corrected chi connectivity index (χ1v) is 12.1. The fourth-order valence-corrected chi connectivity index (χ4v) is 3.94. The van der Waals surface area contributed by atoms with Crippen molar-refractivity contribution in [2.24, 2.45) is 15.4 Å². The lowest BCUT2D eigenvalue weighted by molar-refractivity contribution is -0.116. The van der Waals surface area contributed by atoms with Crippen LogP contribution in [0.5, 0.6) is 5.88 Å². The fourth-order valence-electron chi connectivity index (χ4n) is 3.31. The number of benzene rings is 2. The van der Waals surface area contributed by atoms with Crippen LogP contribution in [-0.4, -0.2) is 29.1 Å². The highest BCUT2D eigenvalue weighted by atomic mass is 32.2. The van der Waals surface area contributed by atoms with Crippen LogP contribution >= 0.6 is 12.2 Å². The molecule has 0 aliphatic carbocycles. The third-order valence-corrected chi connectivity index (χ3v) is 6.08. The van der Waals surface area contributed by atoms with Gasteiger partial charge in [-0.2, -0.15) is 0 Å². The Balaban J connectivity index is 1.51. The SMILES string of the molecule is NS(=O)(=O)c1ccc(NC(=O)Cn2c(O)c(N=NC(=S)NCc3ccco3)c3ccccc32)cc1. The number of primary sulfonamides is 1. The van der Waals surface area contributed by atoms with Crippen molar-refractivity contribution in [3.63, 3.8) is 0 Å². The van der Waals surface area contributed by atoms with E-state index >= 15 is 0 Å². The molecule has 2 aromatic carbocycles. The van der Waals surface area contributed by atoms with Crippen molar-refractivity contribution in [3.05, 3.63) is 72.7 Å². The topological polar surface area (TPSA) is 164 Å². The molecule has 0 saturated heterocycles. The molecule has 0 unspecified atom stereocenters. The molecule has 0 radical (unpaired) electrons. The molecule has 35 heavy (non-hydrogen) atoms. The van der Waals surface area contributed by atoms with E-state index in [9.17, 15) is 18.3 Å². The summed E-state index contributed by atoms with van der Waals surface area (Å²) in [6.07, 6.45) is 1.55. The second-order valence-corrected chi connectivity index (χ2v) is 9.28. The van der Waals surface area contributed by atoms with E-state index in [2.05, 4.69) is 20.9 Å². The Morgan fingerprint density at radius 1 is 1.11 bits per heavy atom. The van der Waals surface area contributed by atoms with Gasteiger partial charge in [-0.15, -0.1) is 10.2 Å². The molecule has 2 aromatic heterocycles. The molecule has 1 amide bonds. The summed E-state index contributed by atoms with van der Waals surface area (Å²) in [7, 11) is -3.84. The van der Waals surface area contributed by atoms with E-state index in [0.29, 0.717) is 28.9 Å². The number of rotatable bonds is 7. The molecular formula is C22H20N6O5S2.